The minimum Gasteiger partial charge on any atom is -0.310 e. The van der Waals surface area contributed by atoms with Gasteiger partial charge in [0.15, 0.2) is 0 Å². The second kappa shape index (κ2) is 8.17. The Morgan fingerprint density at radius 2 is 1.88 bits per heavy atom. The summed E-state index contributed by atoms with van der Waals surface area (Å²) in [5, 5.41) is 3.12. The molecule has 136 valence electrons. The Labute approximate surface area is 155 Å². The highest BCUT2D eigenvalue weighted by molar-refractivity contribution is 5.95. The molecule has 3 rings (SSSR count). The molecule has 0 radical (unpaired) electrons. The normalized spacial score (nSPS) is 11.0. The third kappa shape index (κ3) is 3.96. The van der Waals surface area contributed by atoms with E-state index in [0.29, 0.717) is 6.42 Å². The van der Waals surface area contributed by atoms with Crippen LogP contribution in [-0.4, -0.2) is 15.3 Å². The minimum atomic E-state index is 0.0549. The van der Waals surface area contributed by atoms with Crippen molar-refractivity contribution >= 4 is 17.4 Å². The number of amides is 1. The van der Waals surface area contributed by atoms with Crippen LogP contribution in [0.3, 0.4) is 0 Å². The number of aromatic nitrogens is 2. The highest BCUT2D eigenvalue weighted by atomic mass is 16.1. The third-order valence-corrected chi connectivity index (χ3v) is 4.68. The number of aryl methyl sites for hydroxylation is 2. The summed E-state index contributed by atoms with van der Waals surface area (Å²) in [6.07, 6.45) is 6.95. The van der Waals surface area contributed by atoms with E-state index in [2.05, 4.69) is 31.3 Å². The van der Waals surface area contributed by atoms with E-state index >= 15 is 0 Å². The van der Waals surface area contributed by atoms with Gasteiger partial charge in [0.1, 0.15) is 17.2 Å². The Morgan fingerprint density at radius 1 is 1.08 bits per heavy atom. The van der Waals surface area contributed by atoms with Crippen molar-refractivity contribution in [2.24, 2.45) is 0 Å². The van der Waals surface area contributed by atoms with Gasteiger partial charge in [0.2, 0.25) is 5.91 Å². The smallest absolute Gasteiger partial charge is 0.225 e. The first kappa shape index (κ1) is 18.2. The number of anilines is 1. The van der Waals surface area contributed by atoms with Crippen LogP contribution >= 0.6 is 0 Å². The average Bonchev–Trinajstić information content (AvgIpc) is 2.97. The van der Waals surface area contributed by atoms with E-state index in [1.165, 1.54) is 12.8 Å². The largest absolute Gasteiger partial charge is 0.310 e. The number of benzene rings is 1. The number of carbonyl (C=O) groups is 1. The third-order valence-electron chi connectivity index (χ3n) is 4.68. The van der Waals surface area contributed by atoms with Crippen LogP contribution < -0.4 is 5.32 Å². The number of carbonyl (C=O) groups excluding carboxylic acids is 1. The van der Waals surface area contributed by atoms with E-state index in [4.69, 9.17) is 4.98 Å². The maximum atomic E-state index is 12.5. The number of imidazole rings is 1. The van der Waals surface area contributed by atoms with Crippen LogP contribution in [0.15, 0.2) is 42.6 Å². The van der Waals surface area contributed by atoms with Gasteiger partial charge in [-0.15, -0.1) is 0 Å². The summed E-state index contributed by atoms with van der Waals surface area (Å²) < 4.78 is 1.99. The lowest BCUT2D eigenvalue weighted by atomic mass is 10.1. The molecule has 0 saturated heterocycles. The molecule has 0 atom stereocenters. The van der Waals surface area contributed by atoms with Gasteiger partial charge in [0.05, 0.1) is 0 Å². The van der Waals surface area contributed by atoms with Crippen molar-refractivity contribution < 1.29 is 4.79 Å². The van der Waals surface area contributed by atoms with E-state index < -0.39 is 0 Å². The molecule has 0 aliphatic heterocycles. The van der Waals surface area contributed by atoms with Crippen molar-refractivity contribution in [1.82, 2.24) is 9.38 Å². The Hall–Kier alpha value is -2.62. The van der Waals surface area contributed by atoms with Gasteiger partial charge in [-0.1, -0.05) is 56.5 Å². The number of hydrogen-bond donors (Lipinski definition) is 1. The van der Waals surface area contributed by atoms with Crippen LogP contribution in [0, 0.1) is 13.8 Å². The van der Waals surface area contributed by atoms with Gasteiger partial charge in [-0.3, -0.25) is 9.20 Å². The predicted molar refractivity (Wildman–Crippen MR) is 107 cm³/mol. The summed E-state index contributed by atoms with van der Waals surface area (Å²) in [6.45, 7) is 6.29. The van der Waals surface area contributed by atoms with Gasteiger partial charge in [0.25, 0.3) is 0 Å². The molecular weight excluding hydrogens is 322 g/mol. The maximum Gasteiger partial charge on any atom is 0.225 e. The van der Waals surface area contributed by atoms with Crippen molar-refractivity contribution in [3.8, 4) is 11.3 Å². The summed E-state index contributed by atoms with van der Waals surface area (Å²) in [7, 11) is 0. The predicted octanol–water partition coefficient (Wildman–Crippen LogP) is 5.53. The first-order valence-electron chi connectivity index (χ1n) is 9.44. The van der Waals surface area contributed by atoms with Crippen LogP contribution in [0.25, 0.3) is 16.9 Å². The Balaban J connectivity index is 1.96. The highest BCUT2D eigenvalue weighted by Crippen LogP contribution is 2.31. The monoisotopic (exact) mass is 349 g/mol. The summed E-state index contributed by atoms with van der Waals surface area (Å²) in [4.78, 5) is 17.3. The van der Waals surface area contributed by atoms with Crippen LogP contribution in [-0.2, 0) is 4.79 Å². The van der Waals surface area contributed by atoms with Gasteiger partial charge >= 0.3 is 0 Å². The van der Waals surface area contributed by atoms with Crippen LogP contribution in [0.1, 0.15) is 50.2 Å². The number of pyridine rings is 1. The van der Waals surface area contributed by atoms with Gasteiger partial charge in [-0.05, 0) is 37.5 Å². The fourth-order valence-corrected chi connectivity index (χ4v) is 3.20. The van der Waals surface area contributed by atoms with Crippen molar-refractivity contribution in [2.45, 2.75) is 52.9 Å². The fourth-order valence-electron chi connectivity index (χ4n) is 3.20. The first-order valence-corrected chi connectivity index (χ1v) is 9.44. The lowest BCUT2D eigenvalue weighted by Gasteiger charge is -2.09. The van der Waals surface area contributed by atoms with Gasteiger partial charge < -0.3 is 5.32 Å². The van der Waals surface area contributed by atoms with E-state index in [-0.39, 0.29) is 5.91 Å². The van der Waals surface area contributed by atoms with Crippen LogP contribution in [0.5, 0.6) is 0 Å². The van der Waals surface area contributed by atoms with E-state index in [9.17, 15) is 4.79 Å². The molecule has 0 aliphatic rings. The van der Waals surface area contributed by atoms with Crippen molar-refractivity contribution in [1.29, 1.82) is 0 Å². The summed E-state index contributed by atoms with van der Waals surface area (Å²) in [5.74, 6) is 0.817. The minimum absolute atomic E-state index is 0.0549. The van der Waals surface area contributed by atoms with Gasteiger partial charge in [-0.2, -0.15) is 0 Å². The summed E-state index contributed by atoms with van der Waals surface area (Å²) in [6, 6.07) is 12.2. The second-order valence-electron chi connectivity index (χ2n) is 6.92. The molecule has 0 spiro atoms. The van der Waals surface area contributed by atoms with Crippen LogP contribution in [0.2, 0.25) is 0 Å². The lowest BCUT2D eigenvalue weighted by molar-refractivity contribution is -0.116. The number of nitrogens with one attached hydrogen (secondary N) is 1. The van der Waals surface area contributed by atoms with E-state index in [1.807, 2.05) is 41.8 Å². The molecule has 4 heteroatoms. The Kier molecular flexibility index (Phi) is 5.71. The SMILES string of the molecule is CCCCCCC(=O)Nc1c(-c2ccccc2C)nc2ccc(C)cn12. The molecule has 0 bridgehead atoms. The molecule has 2 heterocycles. The molecule has 0 fully saturated rings. The molecule has 1 amide bonds. The molecule has 1 N–H and O–H groups in total. The first-order chi connectivity index (χ1) is 12.6. The number of nitrogens with zero attached hydrogens (tertiary/aromatic N) is 2. The van der Waals surface area contributed by atoms with Crippen molar-refractivity contribution in [3.63, 3.8) is 0 Å². The molecule has 2 aromatic heterocycles. The van der Waals surface area contributed by atoms with Crippen LogP contribution in [0.4, 0.5) is 5.82 Å². The fraction of sp³-hybridized carbons (Fsp3) is 0.364. The number of hydrogen-bond acceptors (Lipinski definition) is 2. The molecule has 0 aliphatic carbocycles. The average molecular weight is 349 g/mol. The zero-order valence-electron chi connectivity index (χ0n) is 15.9. The summed E-state index contributed by atoms with van der Waals surface area (Å²) >= 11 is 0. The zero-order chi connectivity index (χ0) is 18.5. The Bertz CT molecular complexity index is 911. The number of unbranched alkanes of at least 4 members (excludes halogenated alkanes) is 3. The zero-order valence-corrected chi connectivity index (χ0v) is 15.9. The van der Waals surface area contributed by atoms with E-state index in [1.54, 1.807) is 0 Å². The molecule has 0 unspecified atom stereocenters. The van der Waals surface area contributed by atoms with Crippen molar-refractivity contribution in [2.75, 3.05) is 5.32 Å². The highest BCUT2D eigenvalue weighted by Gasteiger charge is 2.17. The quantitative estimate of drug-likeness (QED) is 0.570. The van der Waals surface area contributed by atoms with E-state index in [0.717, 1.165) is 46.7 Å². The van der Waals surface area contributed by atoms with Gasteiger partial charge in [0, 0.05) is 18.2 Å². The van der Waals surface area contributed by atoms with Gasteiger partial charge in [-0.25, -0.2) is 4.98 Å². The standard InChI is InChI=1S/C22H27N3O/c1-4-5-6-7-12-20(26)24-22-21(18-11-9-8-10-17(18)3)23-19-14-13-16(2)15-25(19)22/h8-11,13-15H,4-7,12H2,1-3H3,(H,24,26). The molecular formula is C22H27N3O. The topological polar surface area (TPSA) is 46.4 Å². The second-order valence-corrected chi connectivity index (χ2v) is 6.92. The Morgan fingerprint density at radius 3 is 2.65 bits per heavy atom. The van der Waals surface area contributed by atoms with Crippen molar-refractivity contribution in [3.05, 3.63) is 53.7 Å². The number of rotatable bonds is 7. The summed E-state index contributed by atoms with van der Waals surface area (Å²) in [5.41, 5.74) is 5.00. The molecule has 4 nitrogen and oxygen atoms in total. The molecule has 1 aromatic carbocycles. The molecule has 0 saturated carbocycles. The number of fused-ring (bicyclic) bond motifs is 1. The molecule has 26 heavy (non-hydrogen) atoms. The maximum absolute atomic E-state index is 12.5. The lowest BCUT2D eigenvalue weighted by Crippen LogP contribution is -2.13. The molecule has 3 aromatic rings.